The smallest absolute Gasteiger partial charge is 0.303 e. The molecule has 0 saturated carbocycles. The predicted molar refractivity (Wildman–Crippen MR) is 82.0 cm³/mol. The van der Waals surface area contributed by atoms with Crippen molar-refractivity contribution in [3.63, 3.8) is 0 Å². The number of hydrogen-bond acceptors (Lipinski definition) is 10. The van der Waals surface area contributed by atoms with E-state index >= 15 is 0 Å². The van der Waals surface area contributed by atoms with Gasteiger partial charge in [0.15, 0.2) is 18.3 Å². The Bertz CT molecular complexity index is 522. The lowest BCUT2D eigenvalue weighted by Gasteiger charge is -2.43. The Morgan fingerprint density at radius 2 is 1.28 bits per heavy atom. The Labute approximate surface area is 152 Å². The number of ether oxygens (including phenoxy) is 5. The molecule has 0 unspecified atom stereocenters. The van der Waals surface area contributed by atoms with Crippen LogP contribution in [0.4, 0.5) is 0 Å². The average Bonchev–Trinajstić information content (AvgIpc) is 2.48. The van der Waals surface area contributed by atoms with Gasteiger partial charge in [0.2, 0.25) is 6.29 Å². The molecule has 1 aliphatic rings. The summed E-state index contributed by atoms with van der Waals surface area (Å²) in [6.45, 7) is 4.30. The van der Waals surface area contributed by atoms with Crippen molar-refractivity contribution in [2.45, 2.75) is 58.4 Å². The zero-order valence-corrected chi connectivity index (χ0v) is 15.6. The van der Waals surface area contributed by atoms with Crippen LogP contribution in [-0.2, 0) is 46.7 Å². The lowest BCUT2D eigenvalue weighted by Crippen LogP contribution is -2.62. The lowest BCUT2D eigenvalue weighted by molar-refractivity contribution is -0.284. The van der Waals surface area contributed by atoms with Crippen molar-refractivity contribution < 1.29 is 46.7 Å². The minimum atomic E-state index is -1.23. The van der Waals surface area contributed by atoms with Gasteiger partial charge in [0.1, 0.15) is 29.0 Å². The van der Waals surface area contributed by atoms with Crippen molar-refractivity contribution in [1.29, 1.82) is 0 Å². The van der Waals surface area contributed by atoms with Crippen molar-refractivity contribution in [2.75, 3.05) is 6.61 Å². The van der Waals surface area contributed by atoms with E-state index in [1.165, 1.54) is 6.92 Å². The second-order valence-electron chi connectivity index (χ2n) is 5.16. The second-order valence-corrected chi connectivity index (χ2v) is 5.53. The van der Waals surface area contributed by atoms with Gasteiger partial charge in [-0.1, -0.05) is 0 Å². The van der Waals surface area contributed by atoms with Gasteiger partial charge in [-0.15, -0.1) is 0 Å². The first kappa shape index (κ1) is 21.3. The van der Waals surface area contributed by atoms with Gasteiger partial charge in [0.25, 0.3) is 0 Å². The molecule has 0 aromatic carbocycles. The van der Waals surface area contributed by atoms with Crippen LogP contribution in [0.5, 0.6) is 0 Å². The molecule has 25 heavy (non-hydrogen) atoms. The molecule has 0 bridgehead atoms. The molecule has 0 N–H and O–H groups in total. The summed E-state index contributed by atoms with van der Waals surface area (Å²) in [5, 5.41) is 0. The van der Waals surface area contributed by atoms with E-state index in [1.807, 2.05) is 0 Å². The number of rotatable bonds is 6. The Hall–Kier alpha value is -1.72. The Kier molecular flexibility index (Phi) is 8.26. The van der Waals surface area contributed by atoms with Crippen molar-refractivity contribution >= 4 is 40.1 Å². The molecule has 0 radical (unpaired) electrons. The number of halogens is 1. The molecule has 0 spiro atoms. The number of esters is 4. The van der Waals surface area contributed by atoms with Gasteiger partial charge in [-0.3, -0.25) is 23.0 Å². The molecule has 10 nitrogen and oxygen atoms in total. The third-order valence-corrected chi connectivity index (χ3v) is 3.40. The van der Waals surface area contributed by atoms with E-state index < -0.39 is 54.6 Å². The normalized spacial score (nSPS) is 28.6. The fourth-order valence-corrected chi connectivity index (χ4v) is 2.56. The number of carbonyl (C=O) groups is 4. The van der Waals surface area contributed by atoms with Crippen LogP contribution in [0.1, 0.15) is 27.7 Å². The highest BCUT2D eigenvalue weighted by atomic mass is 79.9. The summed E-state index contributed by atoms with van der Waals surface area (Å²) in [5.74, 6) is -2.69. The van der Waals surface area contributed by atoms with E-state index in [0.29, 0.717) is 0 Å². The Morgan fingerprint density at radius 1 is 0.800 bits per heavy atom. The average molecular weight is 427 g/mol. The van der Waals surface area contributed by atoms with Crippen LogP contribution in [-0.4, -0.2) is 61.2 Å². The van der Waals surface area contributed by atoms with Crippen molar-refractivity contribution in [2.24, 2.45) is 0 Å². The van der Waals surface area contributed by atoms with Gasteiger partial charge in [-0.2, -0.15) is 0 Å². The predicted octanol–water partition coefficient (Wildman–Crippen LogP) is 0.396. The third-order valence-electron chi connectivity index (χ3n) is 3.04. The lowest BCUT2D eigenvalue weighted by atomic mass is 9.98. The third kappa shape index (κ3) is 6.59. The SMILES string of the molecule is CC(=O)OC[C@H]1O[C@H](OBr)[C@H](OC(C)=O)[C@@H](OC(C)=O)[C@@H]1OC(C)=O. The topological polar surface area (TPSA) is 124 Å². The van der Waals surface area contributed by atoms with E-state index in [9.17, 15) is 19.2 Å². The largest absolute Gasteiger partial charge is 0.463 e. The monoisotopic (exact) mass is 426 g/mol. The van der Waals surface area contributed by atoms with Crippen LogP contribution < -0.4 is 0 Å². The molecule has 11 heteroatoms. The van der Waals surface area contributed by atoms with E-state index in [1.54, 1.807) is 0 Å². The summed E-state index contributed by atoms with van der Waals surface area (Å²) >= 11 is 2.74. The van der Waals surface area contributed by atoms with Crippen LogP contribution in [0.2, 0.25) is 0 Å². The molecule has 1 rings (SSSR count). The molecule has 142 valence electrons. The van der Waals surface area contributed by atoms with Crippen LogP contribution >= 0.6 is 16.3 Å². The van der Waals surface area contributed by atoms with Gasteiger partial charge in [-0.25, -0.2) is 0 Å². The molecule has 0 aromatic heterocycles. The highest BCUT2D eigenvalue weighted by Crippen LogP contribution is 2.30. The molecule has 5 atom stereocenters. The standard InChI is InChI=1S/C14H19BrO10/c1-6(16)20-5-10-11(21-7(2)17)12(22-8(3)18)13(23-9(4)19)14(24-10)25-15/h10-14H,5H2,1-4H3/t10-,11-,12+,13-,14-/m1/s1. The molecule has 1 aliphatic heterocycles. The van der Waals surface area contributed by atoms with E-state index in [-0.39, 0.29) is 6.61 Å². The minimum absolute atomic E-state index is 0.301. The van der Waals surface area contributed by atoms with Gasteiger partial charge in [0.05, 0.1) is 0 Å². The molecular weight excluding hydrogens is 408 g/mol. The molecule has 1 heterocycles. The highest BCUT2D eigenvalue weighted by Gasteiger charge is 2.52. The van der Waals surface area contributed by atoms with Crippen molar-refractivity contribution in [3.8, 4) is 0 Å². The van der Waals surface area contributed by atoms with E-state index in [4.69, 9.17) is 27.5 Å². The molecule has 1 saturated heterocycles. The van der Waals surface area contributed by atoms with Crippen LogP contribution in [0, 0.1) is 0 Å². The van der Waals surface area contributed by atoms with E-state index in [2.05, 4.69) is 16.3 Å². The summed E-state index contributed by atoms with van der Waals surface area (Å²) < 4.78 is 30.8. The van der Waals surface area contributed by atoms with Gasteiger partial charge in [-0.05, 0) is 0 Å². The Morgan fingerprint density at radius 3 is 1.72 bits per heavy atom. The quantitative estimate of drug-likeness (QED) is 0.435. The molecule has 1 fully saturated rings. The van der Waals surface area contributed by atoms with Gasteiger partial charge < -0.3 is 23.7 Å². The zero-order chi connectivity index (χ0) is 19.1. The maximum absolute atomic E-state index is 11.5. The maximum atomic E-state index is 11.5. The summed E-state index contributed by atoms with van der Waals surface area (Å²) in [5.41, 5.74) is 0. The van der Waals surface area contributed by atoms with Gasteiger partial charge >= 0.3 is 23.9 Å². The fourth-order valence-electron chi connectivity index (χ4n) is 2.26. The first-order valence-electron chi connectivity index (χ1n) is 7.23. The zero-order valence-electron chi connectivity index (χ0n) is 14.1. The number of carbonyl (C=O) groups excluding carboxylic acids is 4. The number of hydrogen-bond donors (Lipinski definition) is 0. The summed E-state index contributed by atoms with van der Waals surface area (Å²) in [7, 11) is 0. The second kappa shape index (κ2) is 9.68. The minimum Gasteiger partial charge on any atom is -0.463 e. The highest BCUT2D eigenvalue weighted by molar-refractivity contribution is 9.06. The van der Waals surface area contributed by atoms with E-state index in [0.717, 1.165) is 20.8 Å². The van der Waals surface area contributed by atoms with Crippen LogP contribution in [0.25, 0.3) is 0 Å². The molecular formula is C14H19BrO10. The van der Waals surface area contributed by atoms with Crippen LogP contribution in [0.15, 0.2) is 0 Å². The molecule has 0 aromatic rings. The first-order chi connectivity index (χ1) is 11.6. The first-order valence-corrected chi connectivity index (χ1v) is 7.88. The van der Waals surface area contributed by atoms with Crippen molar-refractivity contribution in [1.82, 2.24) is 0 Å². The summed E-state index contributed by atoms with van der Waals surface area (Å²) in [6, 6.07) is 0. The van der Waals surface area contributed by atoms with Crippen LogP contribution in [0.3, 0.4) is 0 Å². The Balaban J connectivity index is 3.18. The van der Waals surface area contributed by atoms with Gasteiger partial charge in [0, 0.05) is 27.7 Å². The summed E-state index contributed by atoms with van der Waals surface area (Å²) in [6.07, 6.45) is -5.88. The fraction of sp³-hybridized carbons (Fsp3) is 0.714. The summed E-state index contributed by atoms with van der Waals surface area (Å²) in [4.78, 5) is 45.3. The van der Waals surface area contributed by atoms with Crippen molar-refractivity contribution in [3.05, 3.63) is 0 Å². The molecule has 0 amide bonds. The maximum Gasteiger partial charge on any atom is 0.303 e. The molecule has 0 aliphatic carbocycles.